The van der Waals surface area contributed by atoms with E-state index < -0.39 is 5.60 Å². The first kappa shape index (κ1) is 17.2. The van der Waals surface area contributed by atoms with E-state index in [1.807, 2.05) is 72.8 Å². The fraction of sp³-hybridized carbons (Fsp3) is 0.182. The molecule has 2 N–H and O–H groups in total. The second-order valence-electron chi connectivity index (χ2n) is 5.86. The summed E-state index contributed by atoms with van der Waals surface area (Å²) in [5.41, 5.74) is 1.61. The number of benzene rings is 3. The molecule has 128 valence electrons. The largest absolute Gasteiger partial charge is 0.508 e. The highest BCUT2D eigenvalue weighted by molar-refractivity contribution is 5.52. The van der Waals surface area contributed by atoms with E-state index in [2.05, 4.69) is 0 Å². The Kier molecular flexibility index (Phi) is 5.49. The van der Waals surface area contributed by atoms with Crippen LogP contribution in [-0.2, 0) is 10.3 Å². The first-order valence-corrected chi connectivity index (χ1v) is 8.43. The van der Waals surface area contributed by atoms with Gasteiger partial charge in [-0.05, 0) is 23.6 Å². The first-order valence-electron chi connectivity index (χ1n) is 8.43. The zero-order chi connectivity index (χ0) is 17.5. The molecule has 3 nitrogen and oxygen atoms in total. The standard InChI is InChI=1S/C22H22O3/c23-16-9-17-25-22(18-10-3-1-4-11-18,19-12-5-2-6-13-19)20-14-7-8-15-21(20)24/h1-8,10-15,23-24H,9,16-17H2. The van der Waals surface area contributed by atoms with Gasteiger partial charge in [-0.3, -0.25) is 0 Å². The van der Waals surface area contributed by atoms with E-state index in [1.165, 1.54) is 0 Å². The molecule has 0 fully saturated rings. The van der Waals surface area contributed by atoms with Gasteiger partial charge in [-0.1, -0.05) is 78.9 Å². The molecule has 3 rings (SSSR count). The van der Waals surface area contributed by atoms with Gasteiger partial charge in [0.15, 0.2) is 0 Å². The smallest absolute Gasteiger partial charge is 0.147 e. The molecule has 0 atom stereocenters. The topological polar surface area (TPSA) is 49.7 Å². The van der Waals surface area contributed by atoms with Crippen LogP contribution < -0.4 is 0 Å². The maximum absolute atomic E-state index is 10.6. The Hall–Kier alpha value is -2.62. The first-order chi connectivity index (χ1) is 12.3. The third kappa shape index (κ3) is 3.43. The van der Waals surface area contributed by atoms with Gasteiger partial charge >= 0.3 is 0 Å². The van der Waals surface area contributed by atoms with Gasteiger partial charge in [0.25, 0.3) is 0 Å². The SMILES string of the molecule is OCCCOC(c1ccccc1)(c1ccccc1)c1ccccc1O. The van der Waals surface area contributed by atoms with Crippen LogP contribution >= 0.6 is 0 Å². The average molecular weight is 334 g/mol. The Morgan fingerprint density at radius 2 is 1.24 bits per heavy atom. The van der Waals surface area contributed by atoms with E-state index in [0.717, 1.165) is 11.1 Å². The van der Waals surface area contributed by atoms with Crippen LogP contribution in [0.4, 0.5) is 0 Å². The minimum atomic E-state index is -0.941. The highest BCUT2D eigenvalue weighted by Crippen LogP contribution is 2.43. The molecule has 3 heteroatoms. The molecular weight excluding hydrogens is 312 g/mol. The maximum atomic E-state index is 10.6. The zero-order valence-corrected chi connectivity index (χ0v) is 14.0. The summed E-state index contributed by atoms with van der Waals surface area (Å²) in [6.45, 7) is 0.426. The number of aliphatic hydroxyl groups excluding tert-OH is 1. The number of aliphatic hydroxyl groups is 1. The van der Waals surface area contributed by atoms with Crippen LogP contribution in [-0.4, -0.2) is 23.4 Å². The summed E-state index contributed by atoms with van der Waals surface area (Å²) in [6, 6.07) is 27.0. The Balaban J connectivity index is 2.26. The van der Waals surface area contributed by atoms with Crippen molar-refractivity contribution in [1.82, 2.24) is 0 Å². The van der Waals surface area contributed by atoms with Gasteiger partial charge in [-0.25, -0.2) is 0 Å². The summed E-state index contributed by atoms with van der Waals surface area (Å²) in [7, 11) is 0. The highest BCUT2D eigenvalue weighted by Gasteiger charge is 2.39. The van der Waals surface area contributed by atoms with E-state index in [9.17, 15) is 10.2 Å². The average Bonchev–Trinajstić information content (AvgIpc) is 2.68. The minimum Gasteiger partial charge on any atom is -0.508 e. The van der Waals surface area contributed by atoms with Crippen LogP contribution in [0.2, 0.25) is 0 Å². The van der Waals surface area contributed by atoms with Crippen molar-refractivity contribution in [3.63, 3.8) is 0 Å². The van der Waals surface area contributed by atoms with Crippen LogP contribution in [0.15, 0.2) is 84.9 Å². The molecule has 0 spiro atoms. The molecule has 0 unspecified atom stereocenters. The molecule has 0 amide bonds. The van der Waals surface area contributed by atoms with Gasteiger partial charge < -0.3 is 14.9 Å². The summed E-state index contributed by atoms with van der Waals surface area (Å²) in [5.74, 6) is 0.180. The van der Waals surface area contributed by atoms with Crippen molar-refractivity contribution in [3.8, 4) is 5.75 Å². The molecule has 0 aliphatic carbocycles. The predicted octanol–water partition coefficient (Wildman–Crippen LogP) is 4.08. The number of phenolic OH excluding ortho intramolecular Hbond substituents is 1. The highest BCUT2D eigenvalue weighted by atomic mass is 16.5. The Labute approximate surface area is 148 Å². The molecule has 25 heavy (non-hydrogen) atoms. The molecule has 3 aromatic carbocycles. The van der Waals surface area contributed by atoms with Crippen LogP contribution in [0.5, 0.6) is 5.75 Å². The summed E-state index contributed by atoms with van der Waals surface area (Å²) in [4.78, 5) is 0. The van der Waals surface area contributed by atoms with Crippen molar-refractivity contribution in [2.75, 3.05) is 13.2 Å². The van der Waals surface area contributed by atoms with Crippen molar-refractivity contribution in [1.29, 1.82) is 0 Å². The van der Waals surface area contributed by atoms with Crippen LogP contribution in [0.1, 0.15) is 23.1 Å². The van der Waals surface area contributed by atoms with Crippen LogP contribution in [0.3, 0.4) is 0 Å². The lowest BCUT2D eigenvalue weighted by Gasteiger charge is -2.36. The molecule has 0 saturated carbocycles. The van der Waals surface area contributed by atoms with Crippen LogP contribution in [0, 0.1) is 0 Å². The molecule has 0 heterocycles. The zero-order valence-electron chi connectivity index (χ0n) is 14.0. The van der Waals surface area contributed by atoms with Gasteiger partial charge in [-0.15, -0.1) is 0 Å². The second kappa shape index (κ2) is 7.97. The van der Waals surface area contributed by atoms with Crippen LogP contribution in [0.25, 0.3) is 0 Å². The fourth-order valence-electron chi connectivity index (χ4n) is 3.13. The predicted molar refractivity (Wildman–Crippen MR) is 98.5 cm³/mol. The van der Waals surface area contributed by atoms with E-state index in [0.29, 0.717) is 18.6 Å². The van der Waals surface area contributed by atoms with E-state index in [4.69, 9.17) is 4.74 Å². The lowest BCUT2D eigenvalue weighted by atomic mass is 9.79. The Morgan fingerprint density at radius 1 is 0.720 bits per heavy atom. The molecule has 0 aliphatic rings. The van der Waals surface area contributed by atoms with E-state index in [-0.39, 0.29) is 12.4 Å². The lowest BCUT2D eigenvalue weighted by Crippen LogP contribution is -2.33. The number of aromatic hydroxyl groups is 1. The van der Waals surface area contributed by atoms with Gasteiger partial charge in [0.05, 0.1) is 6.61 Å². The monoisotopic (exact) mass is 334 g/mol. The number of para-hydroxylation sites is 1. The number of hydrogen-bond acceptors (Lipinski definition) is 3. The quantitative estimate of drug-likeness (QED) is 0.505. The van der Waals surface area contributed by atoms with Gasteiger partial charge in [0.2, 0.25) is 0 Å². The second-order valence-corrected chi connectivity index (χ2v) is 5.86. The van der Waals surface area contributed by atoms with Crippen molar-refractivity contribution in [2.45, 2.75) is 12.0 Å². The third-order valence-electron chi connectivity index (χ3n) is 4.26. The van der Waals surface area contributed by atoms with E-state index in [1.54, 1.807) is 12.1 Å². The summed E-state index contributed by atoms with van der Waals surface area (Å²) >= 11 is 0. The molecule has 0 aliphatic heterocycles. The van der Waals surface area contributed by atoms with Gasteiger partial charge in [0, 0.05) is 12.2 Å². The lowest BCUT2D eigenvalue weighted by molar-refractivity contribution is 0.00458. The molecule has 0 bridgehead atoms. The van der Waals surface area contributed by atoms with Crippen molar-refractivity contribution < 1.29 is 14.9 Å². The summed E-state index contributed by atoms with van der Waals surface area (Å²) in [5, 5.41) is 19.8. The Bertz CT molecular complexity index is 745. The molecular formula is C22H22O3. The normalized spacial score (nSPS) is 11.4. The number of hydrogen-bond donors (Lipinski definition) is 2. The van der Waals surface area contributed by atoms with Crippen molar-refractivity contribution in [3.05, 3.63) is 102 Å². The van der Waals surface area contributed by atoms with Crippen molar-refractivity contribution in [2.24, 2.45) is 0 Å². The maximum Gasteiger partial charge on any atom is 0.147 e. The third-order valence-corrected chi connectivity index (χ3v) is 4.26. The number of ether oxygens (including phenoxy) is 1. The van der Waals surface area contributed by atoms with Crippen molar-refractivity contribution >= 4 is 0 Å². The Morgan fingerprint density at radius 3 is 1.76 bits per heavy atom. The number of rotatable bonds is 7. The fourth-order valence-corrected chi connectivity index (χ4v) is 3.13. The molecule has 0 saturated heterocycles. The van der Waals surface area contributed by atoms with E-state index >= 15 is 0 Å². The summed E-state index contributed by atoms with van der Waals surface area (Å²) < 4.78 is 6.39. The minimum absolute atomic E-state index is 0.0560. The van der Waals surface area contributed by atoms with Gasteiger partial charge in [-0.2, -0.15) is 0 Å². The molecule has 0 aromatic heterocycles. The molecule has 3 aromatic rings. The summed E-state index contributed by atoms with van der Waals surface area (Å²) in [6.07, 6.45) is 0.523. The number of phenols is 1. The molecule has 0 radical (unpaired) electrons. The van der Waals surface area contributed by atoms with Gasteiger partial charge in [0.1, 0.15) is 11.4 Å².